The summed E-state index contributed by atoms with van der Waals surface area (Å²) in [5, 5.41) is 9.64. The van der Waals surface area contributed by atoms with Crippen LogP contribution in [0.1, 0.15) is 34.4 Å². The molecule has 11 heteroatoms. The van der Waals surface area contributed by atoms with Crippen LogP contribution in [0.15, 0.2) is 48.7 Å². The van der Waals surface area contributed by atoms with Crippen molar-refractivity contribution < 1.29 is 32.2 Å². The summed E-state index contributed by atoms with van der Waals surface area (Å²) < 4.78 is 58.5. The van der Waals surface area contributed by atoms with Crippen molar-refractivity contribution in [2.45, 2.75) is 24.7 Å². The van der Waals surface area contributed by atoms with E-state index in [4.69, 9.17) is 14.2 Å². The molecular formula is C22H19F3N4O4. The molecule has 0 saturated carbocycles. The number of benzene rings is 2. The van der Waals surface area contributed by atoms with Crippen LogP contribution in [0.5, 0.6) is 17.2 Å². The minimum atomic E-state index is -4.56. The Morgan fingerprint density at radius 3 is 2.79 bits per heavy atom. The largest absolute Gasteiger partial charge is 0.496 e. The zero-order chi connectivity index (χ0) is 23.2. The van der Waals surface area contributed by atoms with Crippen molar-refractivity contribution in [3.05, 3.63) is 59.8 Å². The quantitative estimate of drug-likeness (QED) is 0.595. The Labute approximate surface area is 186 Å². The van der Waals surface area contributed by atoms with Crippen LogP contribution < -0.4 is 24.8 Å². The first-order valence-electron chi connectivity index (χ1n) is 10.1. The molecule has 2 atom stereocenters. The van der Waals surface area contributed by atoms with Crippen molar-refractivity contribution in [3.63, 3.8) is 0 Å². The van der Waals surface area contributed by atoms with E-state index in [9.17, 15) is 18.0 Å². The molecule has 0 unspecified atom stereocenters. The molecule has 0 radical (unpaired) electrons. The predicted molar refractivity (Wildman–Crippen MR) is 112 cm³/mol. The maximum Gasteiger partial charge on any atom is 0.410 e. The van der Waals surface area contributed by atoms with Crippen LogP contribution in [0.25, 0.3) is 0 Å². The average Bonchev–Trinajstić information content (AvgIpc) is 3.44. The van der Waals surface area contributed by atoms with E-state index in [0.29, 0.717) is 28.5 Å². The molecule has 5 rings (SSSR count). The highest BCUT2D eigenvalue weighted by Gasteiger charge is 2.47. The Kier molecular flexibility index (Phi) is 5.03. The average molecular weight is 460 g/mol. The van der Waals surface area contributed by atoms with Crippen LogP contribution in [0, 0.1) is 0 Å². The maximum atomic E-state index is 13.9. The SMILES string of the molecule is COc1ccccc1[C@H]1C[C@H](C(F)(F)F)n2ncc(C(=O)Nc3ccc4c(c3)OCO4)c2N1. The molecule has 2 N–H and O–H groups in total. The highest BCUT2D eigenvalue weighted by atomic mass is 19.4. The Morgan fingerprint density at radius 2 is 2.00 bits per heavy atom. The number of carbonyl (C=O) groups is 1. The molecular weight excluding hydrogens is 441 g/mol. The number of ether oxygens (including phenoxy) is 3. The van der Waals surface area contributed by atoms with Gasteiger partial charge in [-0.1, -0.05) is 18.2 Å². The minimum absolute atomic E-state index is 0.0125. The van der Waals surface area contributed by atoms with Crippen molar-refractivity contribution >= 4 is 17.4 Å². The summed E-state index contributed by atoms with van der Waals surface area (Å²) in [6.07, 6.45) is -3.73. The predicted octanol–water partition coefficient (Wildman–Crippen LogP) is 4.53. The summed E-state index contributed by atoms with van der Waals surface area (Å²) in [5.74, 6) is 0.846. The number of rotatable bonds is 4. The van der Waals surface area contributed by atoms with Crippen molar-refractivity contribution in [1.82, 2.24) is 9.78 Å². The van der Waals surface area contributed by atoms with Gasteiger partial charge in [-0.25, -0.2) is 4.68 Å². The number of aromatic nitrogens is 2. The summed E-state index contributed by atoms with van der Waals surface area (Å²) in [6, 6.07) is 9.03. The maximum absolute atomic E-state index is 13.9. The fourth-order valence-electron chi connectivity index (χ4n) is 4.06. The number of halogens is 3. The summed E-state index contributed by atoms with van der Waals surface area (Å²) in [7, 11) is 1.46. The summed E-state index contributed by atoms with van der Waals surface area (Å²) in [4.78, 5) is 13.0. The van der Waals surface area contributed by atoms with Gasteiger partial charge in [0, 0.05) is 23.7 Å². The fourth-order valence-corrected chi connectivity index (χ4v) is 4.06. The topological polar surface area (TPSA) is 86.6 Å². The van der Waals surface area contributed by atoms with Crippen molar-refractivity contribution in [1.29, 1.82) is 0 Å². The zero-order valence-electron chi connectivity index (χ0n) is 17.3. The monoisotopic (exact) mass is 460 g/mol. The second-order valence-electron chi connectivity index (χ2n) is 7.61. The summed E-state index contributed by atoms with van der Waals surface area (Å²) in [5.41, 5.74) is 0.957. The molecule has 8 nitrogen and oxygen atoms in total. The zero-order valence-corrected chi connectivity index (χ0v) is 17.3. The molecule has 1 amide bonds. The van der Waals surface area contributed by atoms with Crippen LogP contribution in [0.3, 0.4) is 0 Å². The first kappa shape index (κ1) is 21.0. The lowest BCUT2D eigenvalue weighted by molar-refractivity contribution is -0.173. The van der Waals surface area contributed by atoms with Crippen LogP contribution in [0.2, 0.25) is 0 Å². The van der Waals surface area contributed by atoms with E-state index in [1.165, 1.54) is 7.11 Å². The van der Waals surface area contributed by atoms with E-state index in [2.05, 4.69) is 15.7 Å². The summed E-state index contributed by atoms with van der Waals surface area (Å²) in [6.45, 7) is 0.0801. The van der Waals surface area contributed by atoms with Crippen molar-refractivity contribution in [3.8, 4) is 17.2 Å². The molecule has 3 heterocycles. The Bertz CT molecular complexity index is 1210. The third-order valence-corrected chi connectivity index (χ3v) is 5.63. The lowest BCUT2D eigenvalue weighted by Crippen LogP contribution is -2.36. The molecule has 33 heavy (non-hydrogen) atoms. The van der Waals surface area contributed by atoms with Gasteiger partial charge in [0.15, 0.2) is 17.5 Å². The van der Waals surface area contributed by atoms with Crippen LogP contribution in [0.4, 0.5) is 24.7 Å². The first-order chi connectivity index (χ1) is 15.8. The van der Waals surface area contributed by atoms with E-state index in [0.717, 1.165) is 10.9 Å². The van der Waals surface area contributed by atoms with Crippen LogP contribution >= 0.6 is 0 Å². The third kappa shape index (κ3) is 3.79. The first-order valence-corrected chi connectivity index (χ1v) is 10.1. The van der Waals surface area contributed by atoms with Gasteiger partial charge in [0.1, 0.15) is 17.1 Å². The molecule has 2 aliphatic heterocycles. The van der Waals surface area contributed by atoms with E-state index in [-0.39, 0.29) is 24.6 Å². The second-order valence-corrected chi connectivity index (χ2v) is 7.61. The number of carbonyl (C=O) groups excluding carboxylic acids is 1. The Morgan fingerprint density at radius 1 is 1.21 bits per heavy atom. The van der Waals surface area contributed by atoms with Gasteiger partial charge in [-0.2, -0.15) is 18.3 Å². The molecule has 172 valence electrons. The fraction of sp³-hybridized carbons (Fsp3) is 0.273. The number of amides is 1. The number of nitrogens with zero attached hydrogens (tertiary/aromatic N) is 2. The molecule has 0 saturated heterocycles. The van der Waals surface area contributed by atoms with Gasteiger partial charge in [0.05, 0.1) is 19.3 Å². The number of methoxy groups -OCH3 is 1. The van der Waals surface area contributed by atoms with E-state index < -0.39 is 24.2 Å². The second kappa shape index (κ2) is 7.91. The number of hydrogen-bond acceptors (Lipinski definition) is 6. The van der Waals surface area contributed by atoms with Gasteiger partial charge >= 0.3 is 6.18 Å². The van der Waals surface area contributed by atoms with E-state index in [1.54, 1.807) is 42.5 Å². The molecule has 0 bridgehead atoms. The molecule has 0 aliphatic carbocycles. The molecule has 2 aliphatic rings. The molecule has 3 aromatic rings. The Hall–Kier alpha value is -3.89. The molecule has 1 aromatic heterocycles. The summed E-state index contributed by atoms with van der Waals surface area (Å²) >= 11 is 0. The Balaban J connectivity index is 1.48. The van der Waals surface area contributed by atoms with Crippen LogP contribution in [-0.4, -0.2) is 35.8 Å². The lowest BCUT2D eigenvalue weighted by Gasteiger charge is -2.34. The van der Waals surface area contributed by atoms with Gasteiger partial charge in [-0.3, -0.25) is 4.79 Å². The van der Waals surface area contributed by atoms with Gasteiger partial charge in [0.25, 0.3) is 5.91 Å². The standard InChI is InChI=1S/C22H19F3N4O4/c1-31-16-5-3-2-4-13(16)15-9-19(22(23,24)25)29-20(28-15)14(10-26-29)21(30)27-12-6-7-17-18(8-12)33-11-32-17/h2-8,10,15,19,28H,9,11H2,1H3,(H,27,30)/t15-,19-/m1/s1. The molecule has 2 aromatic carbocycles. The van der Waals surface area contributed by atoms with Crippen molar-refractivity contribution in [2.75, 3.05) is 24.5 Å². The lowest BCUT2D eigenvalue weighted by atomic mass is 9.95. The van der Waals surface area contributed by atoms with E-state index >= 15 is 0 Å². The van der Waals surface area contributed by atoms with Gasteiger partial charge in [0.2, 0.25) is 6.79 Å². The number of alkyl halides is 3. The number of hydrogen-bond donors (Lipinski definition) is 2. The third-order valence-electron chi connectivity index (χ3n) is 5.63. The van der Waals surface area contributed by atoms with Crippen LogP contribution in [-0.2, 0) is 0 Å². The smallest absolute Gasteiger partial charge is 0.410 e. The number of fused-ring (bicyclic) bond motifs is 2. The molecule has 0 spiro atoms. The van der Waals surface area contributed by atoms with Gasteiger partial charge in [-0.15, -0.1) is 0 Å². The number of anilines is 2. The number of nitrogens with one attached hydrogen (secondary N) is 2. The normalized spacial score (nSPS) is 18.9. The van der Waals surface area contributed by atoms with Gasteiger partial charge < -0.3 is 24.8 Å². The van der Waals surface area contributed by atoms with E-state index in [1.807, 2.05) is 0 Å². The highest BCUT2D eigenvalue weighted by molar-refractivity contribution is 6.07. The van der Waals surface area contributed by atoms with Gasteiger partial charge in [-0.05, 0) is 18.2 Å². The highest BCUT2D eigenvalue weighted by Crippen LogP contribution is 2.46. The minimum Gasteiger partial charge on any atom is -0.496 e. The van der Waals surface area contributed by atoms with Crippen molar-refractivity contribution in [2.24, 2.45) is 0 Å². The number of para-hydroxylation sites is 1. The molecule has 0 fully saturated rings.